The molecule has 0 spiro atoms. The van der Waals surface area contributed by atoms with Gasteiger partial charge in [-0.15, -0.1) is 0 Å². The molecule has 1 aromatic carbocycles. The topological polar surface area (TPSA) is 46.3 Å². The van der Waals surface area contributed by atoms with E-state index in [0.29, 0.717) is 23.7 Å². The van der Waals surface area contributed by atoms with E-state index in [1.807, 2.05) is 13.0 Å². The van der Waals surface area contributed by atoms with Crippen LogP contribution in [-0.4, -0.2) is 12.5 Å². The van der Waals surface area contributed by atoms with E-state index in [0.717, 1.165) is 17.7 Å². The van der Waals surface area contributed by atoms with Crippen LogP contribution < -0.4 is 10.6 Å². The van der Waals surface area contributed by atoms with Gasteiger partial charge in [0.15, 0.2) is 0 Å². The Morgan fingerprint density at radius 1 is 1.60 bits per heavy atom. The summed E-state index contributed by atoms with van der Waals surface area (Å²) in [6, 6.07) is 3.58. The molecule has 0 aromatic heterocycles. The second-order valence-corrected chi connectivity index (χ2v) is 4.09. The molecule has 0 saturated heterocycles. The van der Waals surface area contributed by atoms with Crippen molar-refractivity contribution in [3.05, 3.63) is 22.7 Å². The molecule has 3 nitrogen and oxygen atoms in total. The first-order chi connectivity index (χ1) is 7.13. The van der Waals surface area contributed by atoms with Crippen molar-refractivity contribution < 1.29 is 4.79 Å². The van der Waals surface area contributed by atoms with Crippen molar-refractivity contribution in [1.82, 2.24) is 0 Å². The van der Waals surface area contributed by atoms with Crippen LogP contribution in [0.1, 0.15) is 18.9 Å². The molecule has 4 heteroatoms. The predicted octanol–water partition coefficient (Wildman–Crippen LogP) is 2.22. The number of fused-ring (bicyclic) bond motifs is 1. The number of hydrogen-bond donors (Lipinski definition) is 1. The first-order valence-corrected chi connectivity index (χ1v) is 5.39. The minimum absolute atomic E-state index is 0.114. The third-order valence-corrected chi connectivity index (χ3v) is 2.88. The predicted molar refractivity (Wildman–Crippen MR) is 62.2 cm³/mol. The Bertz CT molecular complexity index is 417. The number of nitrogens with zero attached hydrogens (tertiary/aromatic N) is 1. The zero-order chi connectivity index (χ0) is 11.0. The summed E-state index contributed by atoms with van der Waals surface area (Å²) in [7, 11) is 0. The lowest BCUT2D eigenvalue weighted by molar-refractivity contribution is -0.118. The Hall–Kier alpha value is -1.22. The molecule has 0 bridgehead atoms. The van der Waals surface area contributed by atoms with Crippen molar-refractivity contribution in [3.63, 3.8) is 0 Å². The molecule has 80 valence electrons. The molecule has 0 atom stereocenters. The van der Waals surface area contributed by atoms with E-state index in [1.54, 1.807) is 11.0 Å². The van der Waals surface area contributed by atoms with Gasteiger partial charge in [0.2, 0.25) is 5.91 Å². The summed E-state index contributed by atoms with van der Waals surface area (Å²) in [5.74, 6) is 0.114. The fourth-order valence-corrected chi connectivity index (χ4v) is 2.23. The van der Waals surface area contributed by atoms with E-state index in [9.17, 15) is 4.79 Å². The fourth-order valence-electron chi connectivity index (χ4n) is 1.98. The van der Waals surface area contributed by atoms with Crippen molar-refractivity contribution >= 4 is 28.9 Å². The van der Waals surface area contributed by atoms with E-state index < -0.39 is 0 Å². The Labute approximate surface area is 93.8 Å². The van der Waals surface area contributed by atoms with E-state index in [-0.39, 0.29) is 5.91 Å². The normalized spacial score (nSPS) is 14.1. The molecule has 1 amide bonds. The summed E-state index contributed by atoms with van der Waals surface area (Å²) in [5.41, 5.74) is 8.40. The molecule has 0 fully saturated rings. The molecule has 1 aliphatic heterocycles. The molecule has 2 N–H and O–H groups in total. The molecule has 2 rings (SSSR count). The van der Waals surface area contributed by atoms with Gasteiger partial charge in [-0.1, -0.05) is 18.5 Å². The van der Waals surface area contributed by atoms with Crippen LogP contribution >= 0.6 is 11.6 Å². The highest BCUT2D eigenvalue weighted by Crippen LogP contribution is 2.36. The van der Waals surface area contributed by atoms with Gasteiger partial charge in [0.25, 0.3) is 0 Å². The van der Waals surface area contributed by atoms with Crippen molar-refractivity contribution in [2.24, 2.45) is 0 Å². The van der Waals surface area contributed by atoms with Gasteiger partial charge in [-0.25, -0.2) is 0 Å². The minimum Gasteiger partial charge on any atom is -0.397 e. The van der Waals surface area contributed by atoms with Gasteiger partial charge >= 0.3 is 0 Å². The summed E-state index contributed by atoms with van der Waals surface area (Å²) in [4.78, 5) is 13.4. The maximum Gasteiger partial charge on any atom is 0.226 e. The number of benzene rings is 1. The van der Waals surface area contributed by atoms with E-state index in [4.69, 9.17) is 17.3 Å². The zero-order valence-corrected chi connectivity index (χ0v) is 9.34. The third kappa shape index (κ3) is 1.67. The number of carbonyl (C=O) groups is 1. The highest BCUT2D eigenvalue weighted by Gasteiger charge is 2.25. The van der Waals surface area contributed by atoms with Crippen LogP contribution in [0.15, 0.2) is 12.1 Å². The summed E-state index contributed by atoms with van der Waals surface area (Å²) >= 11 is 5.91. The average molecular weight is 225 g/mol. The number of amides is 1. The number of nitrogens with two attached hydrogens (primary N) is 1. The number of rotatable bonds is 1. The number of carbonyl (C=O) groups excluding carboxylic acids is 1. The average Bonchev–Trinajstić information content (AvgIpc) is 2.60. The molecule has 1 heterocycles. The second kappa shape index (κ2) is 3.74. The van der Waals surface area contributed by atoms with E-state index in [1.165, 1.54) is 0 Å². The van der Waals surface area contributed by atoms with Crippen LogP contribution in [-0.2, 0) is 11.2 Å². The largest absolute Gasteiger partial charge is 0.397 e. The first-order valence-electron chi connectivity index (χ1n) is 5.01. The highest BCUT2D eigenvalue weighted by atomic mass is 35.5. The summed E-state index contributed by atoms with van der Waals surface area (Å²) < 4.78 is 0. The monoisotopic (exact) mass is 224 g/mol. The quantitative estimate of drug-likeness (QED) is 0.744. The SMILES string of the molecule is CCC(=O)N1CCc2cc(Cl)cc(N)c21. The van der Waals surface area contributed by atoms with Gasteiger partial charge in [-0.05, 0) is 24.1 Å². The van der Waals surface area contributed by atoms with Crippen molar-refractivity contribution in [2.75, 3.05) is 17.2 Å². The lowest BCUT2D eigenvalue weighted by atomic mass is 10.1. The van der Waals surface area contributed by atoms with Crippen LogP contribution in [0.2, 0.25) is 5.02 Å². The lowest BCUT2D eigenvalue weighted by Crippen LogP contribution is -2.28. The molecule has 0 saturated carbocycles. The number of nitrogen functional groups attached to an aromatic ring is 1. The van der Waals surface area contributed by atoms with Crippen molar-refractivity contribution in [1.29, 1.82) is 0 Å². The standard InChI is InChI=1S/C11H13ClN2O/c1-2-10(15)14-4-3-7-5-8(12)6-9(13)11(7)14/h5-6H,2-4,13H2,1H3. The maximum absolute atomic E-state index is 11.7. The Morgan fingerprint density at radius 3 is 3.00 bits per heavy atom. The Balaban J connectivity index is 2.46. The van der Waals surface area contributed by atoms with E-state index >= 15 is 0 Å². The van der Waals surface area contributed by atoms with Crippen LogP contribution in [0.5, 0.6) is 0 Å². The van der Waals surface area contributed by atoms with Crippen LogP contribution in [0.25, 0.3) is 0 Å². The van der Waals surface area contributed by atoms with Crippen LogP contribution in [0, 0.1) is 0 Å². The summed E-state index contributed by atoms with van der Waals surface area (Å²) in [6.07, 6.45) is 1.34. The second-order valence-electron chi connectivity index (χ2n) is 3.65. The molecular weight excluding hydrogens is 212 g/mol. The highest BCUT2D eigenvalue weighted by molar-refractivity contribution is 6.31. The summed E-state index contributed by atoms with van der Waals surface area (Å²) in [5, 5.41) is 0.636. The maximum atomic E-state index is 11.7. The molecule has 1 aromatic rings. The van der Waals surface area contributed by atoms with Gasteiger partial charge in [-0.2, -0.15) is 0 Å². The van der Waals surface area contributed by atoms with E-state index in [2.05, 4.69) is 0 Å². The van der Waals surface area contributed by atoms with Crippen LogP contribution in [0.3, 0.4) is 0 Å². The molecule has 0 radical (unpaired) electrons. The summed E-state index contributed by atoms with van der Waals surface area (Å²) in [6.45, 7) is 2.57. The Morgan fingerprint density at radius 2 is 2.33 bits per heavy atom. The molecule has 1 aliphatic rings. The molecule has 0 unspecified atom stereocenters. The molecular formula is C11H13ClN2O. The van der Waals surface area contributed by atoms with Gasteiger partial charge in [-0.3, -0.25) is 4.79 Å². The van der Waals surface area contributed by atoms with Gasteiger partial charge in [0.1, 0.15) is 0 Å². The third-order valence-electron chi connectivity index (χ3n) is 2.66. The van der Waals surface area contributed by atoms with Gasteiger partial charge in [0.05, 0.1) is 11.4 Å². The molecule has 0 aliphatic carbocycles. The number of hydrogen-bond acceptors (Lipinski definition) is 2. The van der Waals surface area contributed by atoms with Crippen molar-refractivity contribution in [3.8, 4) is 0 Å². The Kier molecular flexibility index (Phi) is 2.57. The fraction of sp³-hybridized carbons (Fsp3) is 0.364. The minimum atomic E-state index is 0.114. The van der Waals surface area contributed by atoms with Gasteiger partial charge in [0, 0.05) is 18.0 Å². The van der Waals surface area contributed by atoms with Crippen molar-refractivity contribution in [2.45, 2.75) is 19.8 Å². The zero-order valence-electron chi connectivity index (χ0n) is 8.59. The number of halogens is 1. The first kappa shape index (κ1) is 10.3. The smallest absolute Gasteiger partial charge is 0.226 e. The van der Waals surface area contributed by atoms with Gasteiger partial charge < -0.3 is 10.6 Å². The number of anilines is 2. The lowest BCUT2D eigenvalue weighted by Gasteiger charge is -2.18. The molecule has 15 heavy (non-hydrogen) atoms. The van der Waals surface area contributed by atoms with Crippen LogP contribution in [0.4, 0.5) is 11.4 Å².